The van der Waals surface area contributed by atoms with Gasteiger partial charge in [0.25, 0.3) is 11.8 Å². The molecule has 152 valence electrons. The van der Waals surface area contributed by atoms with E-state index in [0.717, 1.165) is 21.5 Å². The van der Waals surface area contributed by atoms with Gasteiger partial charge >= 0.3 is 0 Å². The van der Waals surface area contributed by atoms with Gasteiger partial charge in [-0.15, -0.1) is 11.3 Å². The summed E-state index contributed by atoms with van der Waals surface area (Å²) in [5, 5.41) is 10.9. The number of anilines is 1. The van der Waals surface area contributed by atoms with Crippen molar-refractivity contribution in [2.75, 3.05) is 12.4 Å². The van der Waals surface area contributed by atoms with Crippen molar-refractivity contribution in [3.63, 3.8) is 0 Å². The van der Waals surface area contributed by atoms with E-state index >= 15 is 0 Å². The Morgan fingerprint density at radius 3 is 2.60 bits per heavy atom. The first-order valence-electron chi connectivity index (χ1n) is 9.29. The summed E-state index contributed by atoms with van der Waals surface area (Å²) in [6, 6.07) is 14.9. The Bertz CT molecular complexity index is 1240. The molecule has 30 heavy (non-hydrogen) atoms. The van der Waals surface area contributed by atoms with Gasteiger partial charge in [-0.3, -0.25) is 14.3 Å². The highest BCUT2D eigenvalue weighted by molar-refractivity contribution is 7.20. The van der Waals surface area contributed by atoms with Crippen molar-refractivity contribution in [1.82, 2.24) is 15.1 Å². The molecule has 2 aromatic heterocycles. The Kier molecular flexibility index (Phi) is 5.33. The predicted octanol–water partition coefficient (Wildman–Crippen LogP) is 4.21. The van der Waals surface area contributed by atoms with Crippen LogP contribution in [0, 0.1) is 12.7 Å². The molecule has 0 atom stereocenters. The zero-order valence-corrected chi connectivity index (χ0v) is 17.2. The molecule has 2 amide bonds. The van der Waals surface area contributed by atoms with Crippen LogP contribution in [0.2, 0.25) is 0 Å². The van der Waals surface area contributed by atoms with Crippen molar-refractivity contribution in [1.29, 1.82) is 0 Å². The minimum absolute atomic E-state index is 0.218. The average molecular weight is 422 g/mol. The summed E-state index contributed by atoms with van der Waals surface area (Å²) in [6.07, 6.45) is 0. The maximum Gasteiger partial charge on any atom is 0.265 e. The van der Waals surface area contributed by atoms with Crippen LogP contribution >= 0.6 is 11.3 Å². The maximum atomic E-state index is 13.2. The number of rotatable bonds is 5. The Balaban J connectivity index is 1.58. The number of aromatic nitrogens is 2. The van der Waals surface area contributed by atoms with Crippen LogP contribution in [0.25, 0.3) is 10.2 Å². The maximum absolute atomic E-state index is 13.2. The summed E-state index contributed by atoms with van der Waals surface area (Å²) in [5.74, 6) is -0.751. The molecule has 2 N–H and O–H groups in total. The van der Waals surface area contributed by atoms with Gasteiger partial charge in [-0.25, -0.2) is 4.39 Å². The summed E-state index contributed by atoms with van der Waals surface area (Å²) < 4.78 is 15.0. The molecule has 2 aromatic carbocycles. The Labute approximate surface area is 176 Å². The number of hydrogen-bond donors (Lipinski definition) is 2. The van der Waals surface area contributed by atoms with E-state index in [4.69, 9.17) is 0 Å². The van der Waals surface area contributed by atoms with Gasteiger partial charge in [0.2, 0.25) is 0 Å². The Morgan fingerprint density at radius 2 is 1.87 bits per heavy atom. The number of carbonyl (C=O) groups excluding carboxylic acids is 2. The molecule has 0 radical (unpaired) electrons. The van der Waals surface area contributed by atoms with E-state index < -0.39 is 0 Å². The molecule has 0 bridgehead atoms. The second kappa shape index (κ2) is 8.08. The van der Waals surface area contributed by atoms with Crippen LogP contribution in [-0.2, 0) is 6.54 Å². The lowest BCUT2D eigenvalue weighted by Crippen LogP contribution is -2.18. The van der Waals surface area contributed by atoms with Gasteiger partial charge in [-0.05, 0) is 48.9 Å². The fraction of sp³-hybridized carbons (Fsp3) is 0.136. The third kappa shape index (κ3) is 3.95. The fourth-order valence-corrected chi connectivity index (χ4v) is 4.23. The molecule has 0 saturated heterocycles. The molecule has 0 aliphatic rings. The smallest absolute Gasteiger partial charge is 0.265 e. The molecule has 0 unspecified atom stereocenters. The number of nitrogens with zero attached hydrogens (tertiary/aromatic N) is 2. The highest BCUT2D eigenvalue weighted by Gasteiger charge is 2.17. The fourth-order valence-electron chi connectivity index (χ4n) is 3.17. The number of carbonyl (C=O) groups is 2. The number of nitrogens with one attached hydrogen (secondary N) is 2. The number of fused-ring (bicyclic) bond motifs is 1. The standard InChI is InChI=1S/C22H19FN4O2S/c1-13-18-11-19(21(29)25-17-5-3-4-15(10-17)20(28)24-2)30-22(18)27(26-13)12-14-6-8-16(23)9-7-14/h3-11H,12H2,1-2H3,(H,24,28)(H,25,29). The lowest BCUT2D eigenvalue weighted by molar-refractivity contribution is 0.0961. The van der Waals surface area contributed by atoms with Crippen LogP contribution in [-0.4, -0.2) is 28.6 Å². The van der Waals surface area contributed by atoms with Gasteiger partial charge in [0.15, 0.2) is 0 Å². The highest BCUT2D eigenvalue weighted by atomic mass is 32.1. The van der Waals surface area contributed by atoms with Gasteiger partial charge in [0, 0.05) is 23.7 Å². The van der Waals surface area contributed by atoms with Crippen molar-refractivity contribution in [3.05, 3.63) is 82.1 Å². The van der Waals surface area contributed by atoms with Gasteiger partial charge < -0.3 is 10.6 Å². The van der Waals surface area contributed by atoms with E-state index in [1.165, 1.54) is 23.5 Å². The SMILES string of the molecule is CNC(=O)c1cccc(NC(=O)c2cc3c(C)nn(Cc4ccc(F)cc4)c3s2)c1. The molecule has 4 rings (SSSR count). The van der Waals surface area contributed by atoms with Crippen molar-refractivity contribution < 1.29 is 14.0 Å². The van der Waals surface area contributed by atoms with Crippen molar-refractivity contribution in [2.24, 2.45) is 0 Å². The average Bonchev–Trinajstić information content (AvgIpc) is 3.31. The van der Waals surface area contributed by atoms with Crippen molar-refractivity contribution in [2.45, 2.75) is 13.5 Å². The van der Waals surface area contributed by atoms with E-state index in [2.05, 4.69) is 15.7 Å². The first-order valence-corrected chi connectivity index (χ1v) is 10.1. The summed E-state index contributed by atoms with van der Waals surface area (Å²) in [6.45, 7) is 2.38. The first-order chi connectivity index (χ1) is 14.4. The predicted molar refractivity (Wildman–Crippen MR) is 116 cm³/mol. The Morgan fingerprint density at radius 1 is 1.10 bits per heavy atom. The number of thiophene rings is 1. The van der Waals surface area contributed by atoms with Crippen molar-refractivity contribution >= 4 is 39.1 Å². The van der Waals surface area contributed by atoms with Crippen molar-refractivity contribution in [3.8, 4) is 0 Å². The number of halogens is 1. The number of aryl methyl sites for hydroxylation is 1. The van der Waals surface area contributed by atoms with Gasteiger partial charge in [0.05, 0.1) is 17.1 Å². The third-order valence-electron chi connectivity index (χ3n) is 4.69. The quantitative estimate of drug-likeness (QED) is 0.506. The topological polar surface area (TPSA) is 76.0 Å². The number of hydrogen-bond acceptors (Lipinski definition) is 4. The van der Waals surface area contributed by atoms with E-state index in [0.29, 0.717) is 22.7 Å². The van der Waals surface area contributed by atoms with Crippen LogP contribution in [0.5, 0.6) is 0 Å². The molecule has 8 heteroatoms. The number of amides is 2. The lowest BCUT2D eigenvalue weighted by Gasteiger charge is -2.06. The summed E-state index contributed by atoms with van der Waals surface area (Å²) >= 11 is 1.34. The first kappa shape index (κ1) is 19.8. The van der Waals surface area contributed by atoms with E-state index in [1.807, 2.05) is 17.7 Å². The molecule has 0 aliphatic heterocycles. The Hall–Kier alpha value is -3.52. The van der Waals surface area contributed by atoms with Gasteiger partial charge in [0.1, 0.15) is 10.6 Å². The van der Waals surface area contributed by atoms with Crippen LogP contribution in [0.1, 0.15) is 31.3 Å². The van der Waals surface area contributed by atoms with Crippen LogP contribution in [0.3, 0.4) is 0 Å². The minimum atomic E-state index is -0.281. The molecule has 6 nitrogen and oxygen atoms in total. The van der Waals surface area contributed by atoms with Crippen LogP contribution in [0.4, 0.5) is 10.1 Å². The molecule has 0 fully saturated rings. The minimum Gasteiger partial charge on any atom is -0.355 e. The van der Waals surface area contributed by atoms with Crippen LogP contribution < -0.4 is 10.6 Å². The largest absolute Gasteiger partial charge is 0.355 e. The zero-order valence-electron chi connectivity index (χ0n) is 16.4. The van der Waals surface area contributed by atoms with E-state index in [1.54, 1.807) is 43.4 Å². The summed E-state index contributed by atoms with van der Waals surface area (Å²) in [7, 11) is 1.56. The lowest BCUT2D eigenvalue weighted by atomic mass is 10.2. The second-order valence-electron chi connectivity index (χ2n) is 6.81. The van der Waals surface area contributed by atoms with Gasteiger partial charge in [-0.2, -0.15) is 5.10 Å². The van der Waals surface area contributed by atoms with E-state index in [9.17, 15) is 14.0 Å². The molecular formula is C22H19FN4O2S. The molecule has 0 spiro atoms. The zero-order chi connectivity index (χ0) is 21.3. The third-order valence-corrected chi connectivity index (χ3v) is 5.83. The highest BCUT2D eigenvalue weighted by Crippen LogP contribution is 2.29. The second-order valence-corrected chi connectivity index (χ2v) is 7.84. The molecule has 2 heterocycles. The van der Waals surface area contributed by atoms with Crippen LogP contribution in [0.15, 0.2) is 54.6 Å². The molecule has 0 aliphatic carbocycles. The molecule has 0 saturated carbocycles. The monoisotopic (exact) mass is 422 g/mol. The van der Waals surface area contributed by atoms with Gasteiger partial charge in [-0.1, -0.05) is 18.2 Å². The normalized spacial score (nSPS) is 10.9. The van der Waals surface area contributed by atoms with E-state index in [-0.39, 0.29) is 17.6 Å². The molecular weight excluding hydrogens is 403 g/mol. The summed E-state index contributed by atoms with van der Waals surface area (Å²) in [4.78, 5) is 26.0. The summed E-state index contributed by atoms with van der Waals surface area (Å²) in [5.41, 5.74) is 2.76. The molecule has 4 aromatic rings. The number of benzene rings is 2.